The quantitative estimate of drug-likeness (QED) is 0.336. The molecule has 3 aromatic rings. The zero-order chi connectivity index (χ0) is 26.4. The maximum atomic E-state index is 12.8. The van der Waals surface area contributed by atoms with Crippen molar-refractivity contribution in [2.45, 2.75) is 13.8 Å². The van der Waals surface area contributed by atoms with E-state index in [-0.39, 0.29) is 11.6 Å². The molecule has 0 saturated carbocycles. The van der Waals surface area contributed by atoms with Gasteiger partial charge in [-0.1, -0.05) is 17.7 Å². The lowest BCUT2D eigenvalue weighted by Crippen LogP contribution is -2.38. The molecule has 1 saturated heterocycles. The Kier molecular flexibility index (Phi) is 8.32. The summed E-state index contributed by atoms with van der Waals surface area (Å²) in [6, 6.07) is 11.9. The first-order chi connectivity index (χ1) is 17.8. The van der Waals surface area contributed by atoms with Gasteiger partial charge in [-0.15, -0.1) is 0 Å². The summed E-state index contributed by atoms with van der Waals surface area (Å²) >= 11 is 6.37. The number of carbonyl (C=O) groups is 2. The molecule has 2 heterocycles. The zero-order valence-electron chi connectivity index (χ0n) is 20.9. The number of hydrogen-bond acceptors (Lipinski definition) is 7. The molecule has 0 atom stereocenters. The Labute approximate surface area is 220 Å². The average molecular weight is 525 g/mol. The van der Waals surface area contributed by atoms with Crippen LogP contribution in [0.2, 0.25) is 5.02 Å². The molecule has 11 heteroatoms. The van der Waals surface area contributed by atoms with Crippen molar-refractivity contribution in [1.82, 2.24) is 15.7 Å². The number of amides is 3. The molecule has 0 radical (unpaired) electrons. The monoisotopic (exact) mass is 524 g/mol. The number of rotatable bonds is 7. The summed E-state index contributed by atoms with van der Waals surface area (Å²) in [5.74, 6) is 0.676. The number of morpholine rings is 1. The van der Waals surface area contributed by atoms with Gasteiger partial charge in [0.1, 0.15) is 17.2 Å². The van der Waals surface area contributed by atoms with Gasteiger partial charge >= 0.3 is 6.03 Å². The van der Waals surface area contributed by atoms with Crippen LogP contribution < -0.4 is 31.1 Å². The lowest BCUT2D eigenvalue weighted by molar-refractivity contribution is 0.0957. The van der Waals surface area contributed by atoms with Gasteiger partial charge in [0.2, 0.25) is 0 Å². The molecule has 4 N–H and O–H groups in total. The zero-order valence-corrected chi connectivity index (χ0v) is 21.6. The van der Waals surface area contributed by atoms with Crippen molar-refractivity contribution in [2.24, 2.45) is 0 Å². The predicted octanol–water partition coefficient (Wildman–Crippen LogP) is 4.49. The number of nitrogens with zero attached hydrogens (tertiary/aromatic N) is 2. The molecular weight excluding hydrogens is 496 g/mol. The Morgan fingerprint density at radius 2 is 1.76 bits per heavy atom. The molecule has 4 rings (SSSR count). The lowest BCUT2D eigenvalue weighted by atomic mass is 10.1. The highest BCUT2D eigenvalue weighted by molar-refractivity contribution is 6.31. The van der Waals surface area contributed by atoms with Gasteiger partial charge in [0.25, 0.3) is 5.91 Å². The van der Waals surface area contributed by atoms with Crippen molar-refractivity contribution < 1.29 is 19.1 Å². The summed E-state index contributed by atoms with van der Waals surface area (Å²) in [6.45, 7) is 6.44. The van der Waals surface area contributed by atoms with E-state index in [4.69, 9.17) is 21.1 Å². The first-order valence-corrected chi connectivity index (χ1v) is 12.1. The molecule has 0 aliphatic carbocycles. The number of ether oxygens (including phenoxy) is 2. The number of benzene rings is 2. The van der Waals surface area contributed by atoms with E-state index in [0.717, 1.165) is 16.8 Å². The number of pyridine rings is 1. The molecule has 10 nitrogen and oxygen atoms in total. The Balaban J connectivity index is 1.43. The van der Waals surface area contributed by atoms with E-state index in [0.29, 0.717) is 54.2 Å². The van der Waals surface area contributed by atoms with Crippen LogP contribution in [0.3, 0.4) is 0 Å². The van der Waals surface area contributed by atoms with Crippen LogP contribution >= 0.6 is 11.6 Å². The molecule has 1 fully saturated rings. The van der Waals surface area contributed by atoms with Crippen molar-refractivity contribution in [3.05, 3.63) is 70.5 Å². The van der Waals surface area contributed by atoms with Gasteiger partial charge in [-0.2, -0.15) is 0 Å². The Morgan fingerprint density at radius 1 is 1.00 bits per heavy atom. The number of aromatic nitrogens is 1. The Hall–Kier alpha value is -4.02. The van der Waals surface area contributed by atoms with Crippen molar-refractivity contribution in [3.63, 3.8) is 0 Å². The molecule has 0 spiro atoms. The predicted molar refractivity (Wildman–Crippen MR) is 144 cm³/mol. The smallest absolute Gasteiger partial charge is 0.337 e. The van der Waals surface area contributed by atoms with E-state index in [1.165, 1.54) is 13.2 Å². The normalized spacial score (nSPS) is 13.0. The fraction of sp³-hybridized carbons (Fsp3) is 0.269. The van der Waals surface area contributed by atoms with E-state index >= 15 is 0 Å². The highest BCUT2D eigenvalue weighted by Gasteiger charge is 2.18. The van der Waals surface area contributed by atoms with Crippen LogP contribution in [0.15, 0.2) is 48.7 Å². The SMILES string of the molecule is CNC(=O)c1cc(Oc2ccc(C)c(NNC(=O)Nc3cc(C)c(Cl)cc3N3CCOCC3)c2)ccn1. The second-order valence-electron chi connectivity index (χ2n) is 8.46. The van der Waals surface area contributed by atoms with Crippen molar-refractivity contribution in [1.29, 1.82) is 0 Å². The van der Waals surface area contributed by atoms with Gasteiger partial charge in [0.05, 0.1) is 30.3 Å². The molecule has 1 aliphatic heterocycles. The van der Waals surface area contributed by atoms with Crippen LogP contribution in [0.1, 0.15) is 21.6 Å². The van der Waals surface area contributed by atoms with Crippen molar-refractivity contribution in [3.8, 4) is 11.5 Å². The number of halogens is 1. The summed E-state index contributed by atoms with van der Waals surface area (Å²) in [5.41, 5.74) is 9.77. The number of anilines is 3. The van der Waals surface area contributed by atoms with Crippen LogP contribution in [0.4, 0.5) is 21.9 Å². The van der Waals surface area contributed by atoms with Crippen LogP contribution in [-0.4, -0.2) is 50.3 Å². The minimum atomic E-state index is -0.439. The van der Waals surface area contributed by atoms with Crippen molar-refractivity contribution in [2.75, 3.05) is 49.0 Å². The number of hydrogen-bond donors (Lipinski definition) is 4. The van der Waals surface area contributed by atoms with Crippen LogP contribution in [-0.2, 0) is 4.74 Å². The van der Waals surface area contributed by atoms with Crippen molar-refractivity contribution >= 4 is 40.6 Å². The van der Waals surface area contributed by atoms with Crippen LogP contribution in [0, 0.1) is 13.8 Å². The largest absolute Gasteiger partial charge is 0.457 e. The Bertz CT molecular complexity index is 1300. The molecule has 37 heavy (non-hydrogen) atoms. The highest BCUT2D eigenvalue weighted by Crippen LogP contribution is 2.33. The maximum absolute atomic E-state index is 12.8. The Morgan fingerprint density at radius 3 is 2.51 bits per heavy atom. The molecule has 1 aliphatic rings. The highest BCUT2D eigenvalue weighted by atomic mass is 35.5. The third-order valence-electron chi connectivity index (χ3n) is 5.82. The van der Waals surface area contributed by atoms with E-state index in [9.17, 15) is 9.59 Å². The number of hydrazine groups is 1. The second kappa shape index (κ2) is 11.8. The number of urea groups is 1. The summed E-state index contributed by atoms with van der Waals surface area (Å²) < 4.78 is 11.4. The molecular formula is C26H29ClN6O4. The topological polar surface area (TPSA) is 117 Å². The second-order valence-corrected chi connectivity index (χ2v) is 8.86. The van der Waals surface area contributed by atoms with Gasteiger partial charge < -0.3 is 25.0 Å². The number of carbonyl (C=O) groups excluding carboxylic acids is 2. The van der Waals surface area contributed by atoms with Gasteiger partial charge in [-0.05, 0) is 49.2 Å². The van der Waals surface area contributed by atoms with Crippen LogP contribution in [0.5, 0.6) is 11.5 Å². The van der Waals surface area contributed by atoms with E-state index in [1.54, 1.807) is 24.3 Å². The molecule has 3 amide bonds. The molecule has 0 unspecified atom stereocenters. The van der Waals surface area contributed by atoms with E-state index < -0.39 is 6.03 Å². The summed E-state index contributed by atoms with van der Waals surface area (Å²) in [5, 5.41) is 6.08. The lowest BCUT2D eigenvalue weighted by Gasteiger charge is -2.31. The summed E-state index contributed by atoms with van der Waals surface area (Å²) in [7, 11) is 1.54. The van der Waals surface area contributed by atoms with Gasteiger partial charge in [0, 0.05) is 43.5 Å². The van der Waals surface area contributed by atoms with Crippen LogP contribution in [0.25, 0.3) is 0 Å². The minimum Gasteiger partial charge on any atom is -0.457 e. The first-order valence-electron chi connectivity index (χ1n) is 11.8. The average Bonchev–Trinajstić information content (AvgIpc) is 2.91. The minimum absolute atomic E-state index is 0.248. The molecule has 2 aromatic carbocycles. The molecule has 194 valence electrons. The molecule has 1 aromatic heterocycles. The van der Waals surface area contributed by atoms with Gasteiger partial charge in [-0.25, -0.2) is 4.79 Å². The number of aryl methyl sites for hydroxylation is 2. The summed E-state index contributed by atoms with van der Waals surface area (Å²) in [6.07, 6.45) is 1.50. The van der Waals surface area contributed by atoms with Gasteiger partial charge in [-0.3, -0.25) is 20.6 Å². The number of nitrogens with one attached hydrogen (secondary N) is 4. The van der Waals surface area contributed by atoms with E-state index in [1.807, 2.05) is 32.0 Å². The third kappa shape index (κ3) is 6.60. The maximum Gasteiger partial charge on any atom is 0.337 e. The fourth-order valence-corrected chi connectivity index (χ4v) is 3.93. The third-order valence-corrected chi connectivity index (χ3v) is 6.23. The van der Waals surface area contributed by atoms with E-state index in [2.05, 4.69) is 31.4 Å². The molecule has 0 bridgehead atoms. The first kappa shape index (κ1) is 26.1. The van der Waals surface area contributed by atoms with Gasteiger partial charge in [0.15, 0.2) is 0 Å². The fourth-order valence-electron chi connectivity index (χ4n) is 3.78. The summed E-state index contributed by atoms with van der Waals surface area (Å²) in [4.78, 5) is 30.8. The standard InChI is InChI=1S/C26H29ClN6O4/c1-16-4-5-18(37-19-6-7-29-23(14-19)25(34)28-3)13-21(16)31-32-26(35)30-22-12-17(2)20(27)15-24(22)33-8-10-36-11-9-33/h4-7,12-15,31H,8-11H2,1-3H3,(H,28,34)(H2,30,32,35).